The summed E-state index contributed by atoms with van der Waals surface area (Å²) in [6.07, 6.45) is 0.375. The van der Waals surface area contributed by atoms with Crippen molar-refractivity contribution in [3.63, 3.8) is 0 Å². The number of nitrogens with one attached hydrogen (secondary N) is 1. The van der Waals surface area contributed by atoms with Gasteiger partial charge in [0, 0.05) is 18.7 Å². The van der Waals surface area contributed by atoms with Gasteiger partial charge in [0.15, 0.2) is 0 Å². The van der Waals surface area contributed by atoms with E-state index in [4.69, 9.17) is 0 Å². The zero-order chi connectivity index (χ0) is 15.2. The number of rotatable bonds is 2. The average molecular weight is 302 g/mol. The fraction of sp³-hybridized carbons (Fsp3) is 0.769. The average Bonchev–Trinajstić information content (AvgIpc) is 2.98. The number of Topliss-reactive ketones (excluding diaryl/α,β-unsaturated/α-hetero) is 1. The third-order valence-electron chi connectivity index (χ3n) is 2.74. The van der Waals surface area contributed by atoms with Crippen molar-refractivity contribution in [2.45, 2.75) is 38.8 Å². The van der Waals surface area contributed by atoms with Crippen LogP contribution in [0.5, 0.6) is 0 Å². The Balaban J connectivity index is 0.000000246. The van der Waals surface area contributed by atoms with Crippen molar-refractivity contribution in [1.29, 1.82) is 0 Å². The SMILES string of the molecule is CC(C)(C)OC=O.O=C1CNC(C(=O)N2CCSC2)C1. The summed E-state index contributed by atoms with van der Waals surface area (Å²) < 4.78 is 4.55. The highest BCUT2D eigenvalue weighted by Crippen LogP contribution is 2.16. The molecule has 0 spiro atoms. The molecular formula is C13H22N2O4S. The molecule has 0 saturated carbocycles. The number of hydrogen-bond acceptors (Lipinski definition) is 6. The lowest BCUT2D eigenvalue weighted by molar-refractivity contribution is -0.138. The van der Waals surface area contributed by atoms with E-state index in [9.17, 15) is 14.4 Å². The molecule has 20 heavy (non-hydrogen) atoms. The molecule has 0 aliphatic carbocycles. The van der Waals surface area contributed by atoms with Crippen LogP contribution in [0.15, 0.2) is 0 Å². The van der Waals surface area contributed by atoms with E-state index in [0.29, 0.717) is 19.4 Å². The molecule has 2 rings (SSSR count). The Morgan fingerprint density at radius 2 is 2.20 bits per heavy atom. The Labute approximate surface area is 123 Å². The Hall–Kier alpha value is -1.08. The topological polar surface area (TPSA) is 75.7 Å². The van der Waals surface area contributed by atoms with Crippen LogP contribution in [0.2, 0.25) is 0 Å². The van der Waals surface area contributed by atoms with Crippen LogP contribution in [-0.2, 0) is 19.1 Å². The van der Waals surface area contributed by atoms with Crippen LogP contribution in [0.25, 0.3) is 0 Å². The van der Waals surface area contributed by atoms with Crippen molar-refractivity contribution in [1.82, 2.24) is 10.2 Å². The van der Waals surface area contributed by atoms with Gasteiger partial charge in [-0.25, -0.2) is 0 Å². The highest BCUT2D eigenvalue weighted by molar-refractivity contribution is 7.99. The van der Waals surface area contributed by atoms with Gasteiger partial charge in [-0.15, -0.1) is 11.8 Å². The van der Waals surface area contributed by atoms with Crippen LogP contribution >= 0.6 is 11.8 Å². The molecule has 7 heteroatoms. The highest BCUT2D eigenvalue weighted by atomic mass is 32.2. The van der Waals surface area contributed by atoms with Crippen LogP contribution in [0, 0.1) is 0 Å². The summed E-state index contributed by atoms with van der Waals surface area (Å²) >= 11 is 1.76. The van der Waals surface area contributed by atoms with Gasteiger partial charge in [0.1, 0.15) is 11.4 Å². The Morgan fingerprint density at radius 1 is 1.50 bits per heavy atom. The molecule has 1 atom stereocenters. The standard InChI is InChI=1S/C8H12N2O2S.C5H10O2/c11-6-3-7(9-4-6)8(12)10-1-2-13-5-10;1-5(2,3)7-4-6/h7,9H,1-5H2;4H,1-3H3. The largest absolute Gasteiger partial charge is 0.462 e. The molecule has 6 nitrogen and oxygen atoms in total. The van der Waals surface area contributed by atoms with Gasteiger partial charge in [0.25, 0.3) is 6.47 Å². The second-order valence-corrected chi connectivity index (χ2v) is 6.72. The van der Waals surface area contributed by atoms with E-state index in [0.717, 1.165) is 18.2 Å². The molecule has 2 saturated heterocycles. The first-order chi connectivity index (χ1) is 9.33. The molecule has 0 aromatic heterocycles. The van der Waals surface area contributed by atoms with Gasteiger partial charge in [-0.3, -0.25) is 19.7 Å². The van der Waals surface area contributed by atoms with Crippen molar-refractivity contribution in [3.8, 4) is 0 Å². The predicted octanol–water partition coefficient (Wildman–Crippen LogP) is 0.408. The van der Waals surface area contributed by atoms with Crippen molar-refractivity contribution in [3.05, 3.63) is 0 Å². The van der Waals surface area contributed by atoms with Gasteiger partial charge in [-0.1, -0.05) is 0 Å². The Kier molecular flexibility index (Phi) is 6.48. The normalized spacial score (nSPS) is 22.2. The van der Waals surface area contributed by atoms with Gasteiger partial charge < -0.3 is 9.64 Å². The lowest BCUT2D eigenvalue weighted by Gasteiger charge is -2.18. The first kappa shape index (κ1) is 17.0. The third-order valence-corrected chi connectivity index (χ3v) is 3.71. The summed E-state index contributed by atoms with van der Waals surface area (Å²) in [7, 11) is 0. The highest BCUT2D eigenvalue weighted by Gasteiger charge is 2.32. The molecule has 2 fully saturated rings. The number of ether oxygens (including phenoxy) is 1. The molecule has 1 N–H and O–H groups in total. The zero-order valence-electron chi connectivity index (χ0n) is 12.2. The fourth-order valence-corrected chi connectivity index (χ4v) is 2.69. The molecular weight excluding hydrogens is 280 g/mol. The minimum Gasteiger partial charge on any atom is -0.462 e. The van der Waals surface area contributed by atoms with Gasteiger partial charge in [0.2, 0.25) is 5.91 Å². The summed E-state index contributed by atoms with van der Waals surface area (Å²) in [5, 5.41) is 2.93. The second-order valence-electron chi connectivity index (χ2n) is 5.64. The number of ketones is 1. The third kappa shape index (κ3) is 5.92. The quantitative estimate of drug-likeness (QED) is 0.745. The number of amides is 1. The minimum atomic E-state index is -0.318. The van der Waals surface area contributed by atoms with E-state index < -0.39 is 0 Å². The maximum Gasteiger partial charge on any atom is 0.293 e. The van der Waals surface area contributed by atoms with Gasteiger partial charge in [-0.2, -0.15) is 0 Å². The Morgan fingerprint density at radius 3 is 2.55 bits per heavy atom. The van der Waals surface area contributed by atoms with Crippen molar-refractivity contribution in [2.24, 2.45) is 0 Å². The lowest BCUT2D eigenvalue weighted by Crippen LogP contribution is -2.42. The van der Waals surface area contributed by atoms with Gasteiger partial charge in [-0.05, 0) is 20.8 Å². The number of carbonyl (C=O) groups excluding carboxylic acids is 3. The monoisotopic (exact) mass is 302 g/mol. The summed E-state index contributed by atoms with van der Waals surface area (Å²) in [6.45, 7) is 7.11. The molecule has 0 aromatic rings. The van der Waals surface area contributed by atoms with Crippen LogP contribution in [0.1, 0.15) is 27.2 Å². The van der Waals surface area contributed by atoms with E-state index in [1.165, 1.54) is 0 Å². The lowest BCUT2D eigenvalue weighted by atomic mass is 10.2. The summed E-state index contributed by atoms with van der Waals surface area (Å²) in [5.41, 5.74) is -0.318. The summed E-state index contributed by atoms with van der Waals surface area (Å²) in [4.78, 5) is 34.0. The summed E-state index contributed by atoms with van der Waals surface area (Å²) in [5.74, 6) is 2.04. The van der Waals surface area contributed by atoms with E-state index >= 15 is 0 Å². The zero-order valence-corrected chi connectivity index (χ0v) is 13.0. The number of hydrogen-bond donors (Lipinski definition) is 1. The first-order valence-electron chi connectivity index (χ1n) is 6.56. The van der Waals surface area contributed by atoms with Crippen LogP contribution < -0.4 is 5.32 Å². The van der Waals surface area contributed by atoms with Crippen LogP contribution in [0.3, 0.4) is 0 Å². The minimum absolute atomic E-state index is 0.0934. The molecule has 0 bridgehead atoms. The molecule has 1 unspecified atom stereocenters. The maximum absolute atomic E-state index is 11.7. The van der Waals surface area contributed by atoms with E-state index in [1.807, 2.05) is 25.7 Å². The first-order valence-corrected chi connectivity index (χ1v) is 7.72. The van der Waals surface area contributed by atoms with Crippen LogP contribution in [-0.4, -0.2) is 59.4 Å². The van der Waals surface area contributed by atoms with Crippen molar-refractivity contribution < 1.29 is 19.1 Å². The van der Waals surface area contributed by atoms with Crippen LogP contribution in [0.4, 0.5) is 0 Å². The van der Waals surface area contributed by atoms with Gasteiger partial charge in [0.05, 0.1) is 18.5 Å². The van der Waals surface area contributed by atoms with Crippen molar-refractivity contribution >= 4 is 29.9 Å². The molecule has 0 aromatic carbocycles. The predicted molar refractivity (Wildman–Crippen MR) is 77.4 cm³/mol. The Bertz CT molecular complexity index is 362. The molecule has 2 aliphatic heterocycles. The van der Waals surface area contributed by atoms with E-state index in [2.05, 4.69) is 10.1 Å². The number of nitrogens with zero attached hydrogens (tertiary/aromatic N) is 1. The van der Waals surface area contributed by atoms with E-state index in [-0.39, 0.29) is 23.3 Å². The van der Waals surface area contributed by atoms with Crippen molar-refractivity contribution in [2.75, 3.05) is 24.7 Å². The molecule has 2 heterocycles. The van der Waals surface area contributed by atoms with E-state index in [1.54, 1.807) is 11.8 Å². The second kappa shape index (κ2) is 7.64. The number of carbonyl (C=O) groups is 3. The molecule has 1 amide bonds. The maximum atomic E-state index is 11.7. The van der Waals surface area contributed by atoms with Gasteiger partial charge >= 0.3 is 0 Å². The fourth-order valence-electron chi connectivity index (χ4n) is 1.74. The molecule has 0 radical (unpaired) electrons. The number of thioether (sulfide) groups is 1. The molecule has 114 valence electrons. The summed E-state index contributed by atoms with van der Waals surface area (Å²) in [6, 6.07) is -0.244. The molecule has 2 aliphatic rings. The smallest absolute Gasteiger partial charge is 0.293 e.